The van der Waals surface area contributed by atoms with E-state index in [9.17, 15) is 9.59 Å². The monoisotopic (exact) mass is 315 g/mol. The minimum Gasteiger partial charge on any atom is -0.454 e. The second kappa shape index (κ2) is 6.83. The lowest BCUT2D eigenvalue weighted by molar-refractivity contribution is 0.0664. The number of hydrogen-bond donors (Lipinski definition) is 1. The van der Waals surface area contributed by atoms with Crippen molar-refractivity contribution in [3.8, 4) is 0 Å². The number of aromatic nitrogens is 1. The fraction of sp³-hybridized carbons (Fsp3) is 0.412. The molecule has 1 amide bonds. The molecule has 6 nitrogen and oxygen atoms in total. The fourth-order valence-corrected chi connectivity index (χ4v) is 2.89. The molecular formula is C17H21N3O3. The summed E-state index contributed by atoms with van der Waals surface area (Å²) >= 11 is 0. The molecule has 1 aliphatic heterocycles. The maximum Gasteiger partial charge on any atom is 0.289 e. The number of nitrogens with one attached hydrogen (secondary N) is 1. The summed E-state index contributed by atoms with van der Waals surface area (Å²) < 4.78 is 7.20. The number of likely N-dealkylation sites (N-methyl/N-ethyl adjacent to an activating group) is 1. The second-order valence-electron chi connectivity index (χ2n) is 5.81. The highest BCUT2D eigenvalue weighted by Crippen LogP contribution is 2.16. The van der Waals surface area contributed by atoms with E-state index >= 15 is 0 Å². The number of amides is 1. The maximum atomic E-state index is 12.5. The SMILES string of the molecule is CNC1CCCN(C(=O)c2ccc(Cn3ccccc3=O)o2)C1. The van der Waals surface area contributed by atoms with Crippen LogP contribution in [0.1, 0.15) is 29.2 Å². The Bertz CT molecular complexity index is 734. The van der Waals surface area contributed by atoms with E-state index in [0.29, 0.717) is 30.7 Å². The van der Waals surface area contributed by atoms with Gasteiger partial charge in [0.2, 0.25) is 0 Å². The molecule has 0 spiro atoms. The molecule has 1 saturated heterocycles. The Morgan fingerprint density at radius 3 is 3.00 bits per heavy atom. The lowest BCUT2D eigenvalue weighted by atomic mass is 10.1. The number of hydrogen-bond acceptors (Lipinski definition) is 4. The molecule has 3 rings (SSSR count). The van der Waals surface area contributed by atoms with Crippen LogP contribution in [-0.2, 0) is 6.54 Å². The van der Waals surface area contributed by atoms with Gasteiger partial charge in [-0.25, -0.2) is 0 Å². The first kappa shape index (κ1) is 15.6. The quantitative estimate of drug-likeness (QED) is 0.924. The van der Waals surface area contributed by atoms with Gasteiger partial charge in [0.25, 0.3) is 11.5 Å². The average molecular weight is 315 g/mol. The molecule has 1 atom stereocenters. The third-order valence-corrected chi connectivity index (χ3v) is 4.21. The predicted molar refractivity (Wildman–Crippen MR) is 86.5 cm³/mol. The molecule has 1 fully saturated rings. The Balaban J connectivity index is 1.70. The fourth-order valence-electron chi connectivity index (χ4n) is 2.89. The summed E-state index contributed by atoms with van der Waals surface area (Å²) in [6.07, 6.45) is 3.78. The van der Waals surface area contributed by atoms with Gasteiger partial charge in [-0.2, -0.15) is 0 Å². The molecule has 3 heterocycles. The van der Waals surface area contributed by atoms with Crippen molar-refractivity contribution in [3.63, 3.8) is 0 Å². The number of nitrogens with zero attached hydrogens (tertiary/aromatic N) is 2. The molecule has 0 aliphatic carbocycles. The van der Waals surface area contributed by atoms with Gasteiger partial charge >= 0.3 is 0 Å². The van der Waals surface area contributed by atoms with Crippen molar-refractivity contribution in [2.24, 2.45) is 0 Å². The van der Waals surface area contributed by atoms with Crippen LogP contribution in [0.15, 0.2) is 45.7 Å². The number of carbonyl (C=O) groups excluding carboxylic acids is 1. The molecule has 0 aromatic carbocycles. The van der Waals surface area contributed by atoms with Gasteiger partial charge in [-0.05, 0) is 38.1 Å². The van der Waals surface area contributed by atoms with Gasteiger partial charge in [-0.1, -0.05) is 6.07 Å². The van der Waals surface area contributed by atoms with Crippen LogP contribution in [0, 0.1) is 0 Å². The molecule has 122 valence electrons. The van der Waals surface area contributed by atoms with E-state index in [1.807, 2.05) is 11.9 Å². The number of pyridine rings is 1. The number of piperidine rings is 1. The lowest BCUT2D eigenvalue weighted by Gasteiger charge is -2.31. The highest BCUT2D eigenvalue weighted by molar-refractivity contribution is 5.91. The molecule has 0 radical (unpaired) electrons. The molecular weight excluding hydrogens is 294 g/mol. The number of rotatable bonds is 4. The van der Waals surface area contributed by atoms with Crippen LogP contribution in [0.25, 0.3) is 0 Å². The van der Waals surface area contributed by atoms with Gasteiger partial charge in [0.1, 0.15) is 5.76 Å². The number of furan rings is 1. The molecule has 0 bridgehead atoms. The molecule has 2 aromatic rings. The summed E-state index contributed by atoms with van der Waals surface area (Å²) in [5.74, 6) is 0.848. The maximum absolute atomic E-state index is 12.5. The van der Waals surface area contributed by atoms with Crippen LogP contribution in [0.2, 0.25) is 0 Å². The van der Waals surface area contributed by atoms with Crippen LogP contribution in [0.4, 0.5) is 0 Å². The van der Waals surface area contributed by atoms with Crippen molar-refractivity contribution in [2.45, 2.75) is 25.4 Å². The van der Waals surface area contributed by atoms with Crippen molar-refractivity contribution >= 4 is 5.91 Å². The Kier molecular flexibility index (Phi) is 4.62. The van der Waals surface area contributed by atoms with E-state index in [1.165, 1.54) is 6.07 Å². The van der Waals surface area contributed by atoms with E-state index in [1.54, 1.807) is 35.0 Å². The molecule has 1 N–H and O–H groups in total. The Hall–Kier alpha value is -2.34. The highest BCUT2D eigenvalue weighted by atomic mass is 16.4. The molecule has 1 unspecified atom stereocenters. The zero-order chi connectivity index (χ0) is 16.2. The topological polar surface area (TPSA) is 67.5 Å². The zero-order valence-corrected chi connectivity index (χ0v) is 13.2. The largest absolute Gasteiger partial charge is 0.454 e. The number of likely N-dealkylation sites (tertiary alicyclic amines) is 1. The Labute approximate surface area is 134 Å². The van der Waals surface area contributed by atoms with Gasteiger partial charge in [-0.3, -0.25) is 9.59 Å². The summed E-state index contributed by atoms with van der Waals surface area (Å²) in [5, 5.41) is 3.22. The summed E-state index contributed by atoms with van der Waals surface area (Å²) in [5.41, 5.74) is -0.0929. The summed E-state index contributed by atoms with van der Waals surface area (Å²) in [6.45, 7) is 1.78. The second-order valence-corrected chi connectivity index (χ2v) is 5.81. The van der Waals surface area contributed by atoms with E-state index in [0.717, 1.165) is 19.4 Å². The van der Waals surface area contributed by atoms with Crippen LogP contribution >= 0.6 is 0 Å². The first-order valence-corrected chi connectivity index (χ1v) is 7.88. The highest BCUT2D eigenvalue weighted by Gasteiger charge is 2.25. The van der Waals surface area contributed by atoms with Crippen LogP contribution < -0.4 is 10.9 Å². The molecule has 2 aromatic heterocycles. The van der Waals surface area contributed by atoms with Crippen molar-refractivity contribution in [1.82, 2.24) is 14.8 Å². The van der Waals surface area contributed by atoms with Gasteiger partial charge in [-0.15, -0.1) is 0 Å². The van der Waals surface area contributed by atoms with Crippen LogP contribution in [-0.4, -0.2) is 41.6 Å². The van der Waals surface area contributed by atoms with Gasteiger partial charge < -0.3 is 19.2 Å². The van der Waals surface area contributed by atoms with Crippen LogP contribution in [0.3, 0.4) is 0 Å². The van der Waals surface area contributed by atoms with Crippen molar-refractivity contribution in [2.75, 3.05) is 20.1 Å². The van der Waals surface area contributed by atoms with Crippen LogP contribution in [0.5, 0.6) is 0 Å². The normalized spacial score (nSPS) is 18.1. The first-order chi connectivity index (χ1) is 11.2. The van der Waals surface area contributed by atoms with Crippen molar-refractivity contribution in [1.29, 1.82) is 0 Å². The molecule has 6 heteroatoms. The zero-order valence-electron chi connectivity index (χ0n) is 13.2. The van der Waals surface area contributed by atoms with E-state index in [2.05, 4.69) is 5.32 Å². The average Bonchev–Trinajstić information content (AvgIpc) is 3.05. The molecule has 1 aliphatic rings. The van der Waals surface area contributed by atoms with Crippen molar-refractivity contribution < 1.29 is 9.21 Å². The number of carbonyl (C=O) groups is 1. The Morgan fingerprint density at radius 1 is 1.35 bits per heavy atom. The van der Waals surface area contributed by atoms with E-state index in [-0.39, 0.29) is 11.5 Å². The third-order valence-electron chi connectivity index (χ3n) is 4.21. The predicted octanol–water partition coefficient (Wildman–Crippen LogP) is 1.31. The van der Waals surface area contributed by atoms with Crippen molar-refractivity contribution in [3.05, 3.63) is 58.4 Å². The summed E-state index contributed by atoms with van der Waals surface area (Å²) in [4.78, 5) is 26.1. The van der Waals surface area contributed by atoms with E-state index < -0.39 is 0 Å². The van der Waals surface area contributed by atoms with E-state index in [4.69, 9.17) is 4.42 Å². The standard InChI is InChI=1S/C17H21N3O3/c1-18-13-5-4-10-20(11-13)17(22)15-8-7-14(23-15)12-19-9-3-2-6-16(19)21/h2-3,6-9,13,18H,4-5,10-12H2,1H3. The van der Waals surface area contributed by atoms with Gasteiger partial charge in [0.05, 0.1) is 6.54 Å². The molecule has 23 heavy (non-hydrogen) atoms. The lowest BCUT2D eigenvalue weighted by Crippen LogP contribution is -2.46. The van der Waals surface area contributed by atoms with Gasteiger partial charge in [0, 0.05) is 31.4 Å². The molecule has 0 saturated carbocycles. The minimum absolute atomic E-state index is 0.0865. The minimum atomic E-state index is -0.0929. The van der Waals surface area contributed by atoms with Gasteiger partial charge in [0.15, 0.2) is 5.76 Å². The smallest absolute Gasteiger partial charge is 0.289 e. The first-order valence-electron chi connectivity index (χ1n) is 7.88. The summed E-state index contributed by atoms with van der Waals surface area (Å²) in [6, 6.07) is 8.78. The summed E-state index contributed by atoms with van der Waals surface area (Å²) in [7, 11) is 1.92. The third kappa shape index (κ3) is 3.53. The Morgan fingerprint density at radius 2 is 2.22 bits per heavy atom.